The van der Waals surface area contributed by atoms with Gasteiger partial charge in [0.2, 0.25) is 5.91 Å². The van der Waals surface area contributed by atoms with Crippen molar-refractivity contribution in [1.29, 1.82) is 0 Å². The number of rotatable bonds is 7. The molecule has 0 radical (unpaired) electrons. The summed E-state index contributed by atoms with van der Waals surface area (Å²) in [6, 6.07) is 11.9. The second-order valence-corrected chi connectivity index (χ2v) is 7.75. The third kappa shape index (κ3) is 5.49. The molecular weight excluding hydrogens is 396 g/mol. The number of fused-ring (bicyclic) bond motifs is 1. The minimum absolute atomic E-state index is 0. The van der Waals surface area contributed by atoms with Crippen LogP contribution in [0.2, 0.25) is 0 Å². The van der Waals surface area contributed by atoms with Gasteiger partial charge in [0, 0.05) is 22.8 Å². The number of nitrogens with one attached hydrogen (secondary N) is 1. The second-order valence-electron chi connectivity index (χ2n) is 6.59. The second kappa shape index (κ2) is 10.5. The number of aryl methyl sites for hydroxylation is 1. The molecule has 0 saturated heterocycles. The van der Waals surface area contributed by atoms with Crippen LogP contribution in [0.1, 0.15) is 36.4 Å². The lowest BCUT2D eigenvalue weighted by atomic mass is 9.87. The number of ether oxygens (including phenoxy) is 2. The fourth-order valence-electron chi connectivity index (χ4n) is 3.42. The van der Waals surface area contributed by atoms with E-state index in [-0.39, 0.29) is 24.4 Å². The van der Waals surface area contributed by atoms with Gasteiger partial charge in [-0.15, -0.1) is 24.2 Å². The quantitative estimate of drug-likeness (QED) is 0.511. The number of carbonyl (C=O) groups excluding carboxylic acids is 1. The summed E-state index contributed by atoms with van der Waals surface area (Å²) in [5.41, 5.74) is 9.13. The number of anilines is 1. The molecule has 0 fully saturated rings. The molecular formula is C21H27ClN2O3S. The first kappa shape index (κ1) is 22.2. The van der Waals surface area contributed by atoms with Crippen LogP contribution in [0.5, 0.6) is 11.5 Å². The molecule has 28 heavy (non-hydrogen) atoms. The first-order valence-corrected chi connectivity index (χ1v) is 10.1. The van der Waals surface area contributed by atoms with Crippen molar-refractivity contribution < 1.29 is 14.3 Å². The summed E-state index contributed by atoms with van der Waals surface area (Å²) in [6.45, 7) is 0. The molecule has 1 atom stereocenters. The van der Waals surface area contributed by atoms with Gasteiger partial charge in [-0.1, -0.05) is 6.07 Å². The van der Waals surface area contributed by atoms with Crippen LogP contribution in [0.3, 0.4) is 0 Å². The number of nitrogens with two attached hydrogens (primary N) is 1. The highest BCUT2D eigenvalue weighted by Crippen LogP contribution is 2.33. The standard InChI is InChI=1S/C21H26N2O3S.ClH/c1-25-19-9-7-16(13-20(19)26-2)27-11-10-21(24)23-18-5-3-4-14-12-15(22)6-8-17(14)18;/h6-9,12-13,18H,3-5,10-11,22H2,1-2H3,(H,23,24);1H. The van der Waals surface area contributed by atoms with E-state index in [0.717, 1.165) is 29.8 Å². The van der Waals surface area contributed by atoms with Crippen molar-refractivity contribution in [2.45, 2.75) is 36.6 Å². The maximum absolute atomic E-state index is 12.4. The Labute approximate surface area is 176 Å². The number of carbonyl (C=O) groups is 1. The van der Waals surface area contributed by atoms with Crippen molar-refractivity contribution in [3.8, 4) is 11.5 Å². The molecule has 7 heteroatoms. The molecule has 0 saturated carbocycles. The minimum atomic E-state index is 0. The number of benzene rings is 2. The molecule has 5 nitrogen and oxygen atoms in total. The van der Waals surface area contributed by atoms with Crippen LogP contribution in [-0.4, -0.2) is 25.9 Å². The summed E-state index contributed by atoms with van der Waals surface area (Å²) in [5, 5.41) is 3.18. The third-order valence-electron chi connectivity index (χ3n) is 4.77. The monoisotopic (exact) mass is 422 g/mol. The molecule has 3 N–H and O–H groups in total. The Balaban J connectivity index is 0.00000280. The van der Waals surface area contributed by atoms with E-state index in [0.29, 0.717) is 23.7 Å². The van der Waals surface area contributed by atoms with Crippen LogP contribution in [0.4, 0.5) is 5.69 Å². The van der Waals surface area contributed by atoms with Crippen LogP contribution in [0.25, 0.3) is 0 Å². The van der Waals surface area contributed by atoms with Gasteiger partial charge in [0.05, 0.1) is 20.3 Å². The molecule has 1 aliphatic rings. The molecule has 2 aromatic carbocycles. The van der Waals surface area contributed by atoms with Gasteiger partial charge in [-0.2, -0.15) is 0 Å². The van der Waals surface area contributed by atoms with E-state index in [1.54, 1.807) is 26.0 Å². The van der Waals surface area contributed by atoms with Crippen molar-refractivity contribution in [3.63, 3.8) is 0 Å². The Bertz CT molecular complexity index is 816. The molecule has 0 aliphatic heterocycles. The molecule has 0 aromatic heterocycles. The van der Waals surface area contributed by atoms with E-state index >= 15 is 0 Å². The lowest BCUT2D eigenvalue weighted by molar-refractivity contribution is -0.121. The number of hydrogen-bond acceptors (Lipinski definition) is 5. The lowest BCUT2D eigenvalue weighted by Gasteiger charge is -2.26. The first-order valence-electron chi connectivity index (χ1n) is 9.13. The Hall–Kier alpha value is -2.05. The number of methoxy groups -OCH3 is 2. The van der Waals surface area contributed by atoms with Crippen LogP contribution in [0.15, 0.2) is 41.3 Å². The molecule has 1 aliphatic carbocycles. The highest BCUT2D eigenvalue weighted by Gasteiger charge is 2.21. The fraction of sp³-hybridized carbons (Fsp3) is 0.381. The topological polar surface area (TPSA) is 73.6 Å². The van der Waals surface area contributed by atoms with Crippen molar-refractivity contribution >= 4 is 35.8 Å². The summed E-state index contributed by atoms with van der Waals surface area (Å²) in [5.74, 6) is 2.20. The molecule has 2 aromatic rings. The van der Waals surface area contributed by atoms with Crippen LogP contribution in [0, 0.1) is 0 Å². The van der Waals surface area contributed by atoms with Gasteiger partial charge in [0.25, 0.3) is 0 Å². The SMILES string of the molecule is COc1ccc(SCCC(=O)NC2CCCc3cc(N)ccc32)cc1OC.Cl. The summed E-state index contributed by atoms with van der Waals surface area (Å²) in [7, 11) is 3.24. The molecule has 0 spiro atoms. The van der Waals surface area contributed by atoms with Gasteiger partial charge >= 0.3 is 0 Å². The number of thioether (sulfide) groups is 1. The largest absolute Gasteiger partial charge is 0.493 e. The predicted molar refractivity (Wildman–Crippen MR) is 117 cm³/mol. The molecule has 0 heterocycles. The molecule has 1 amide bonds. The smallest absolute Gasteiger partial charge is 0.221 e. The minimum Gasteiger partial charge on any atom is -0.493 e. The van der Waals surface area contributed by atoms with Crippen molar-refractivity contribution in [1.82, 2.24) is 5.32 Å². The molecule has 1 unspecified atom stereocenters. The number of hydrogen-bond donors (Lipinski definition) is 2. The number of nitrogen functional groups attached to an aromatic ring is 1. The summed E-state index contributed by atoms with van der Waals surface area (Å²) in [4.78, 5) is 13.5. The summed E-state index contributed by atoms with van der Waals surface area (Å²) in [6.07, 6.45) is 3.55. The average Bonchev–Trinajstić information content (AvgIpc) is 2.67. The summed E-state index contributed by atoms with van der Waals surface area (Å²) < 4.78 is 10.6. The van der Waals surface area contributed by atoms with E-state index in [9.17, 15) is 4.79 Å². The third-order valence-corrected chi connectivity index (χ3v) is 5.76. The number of halogens is 1. The molecule has 152 valence electrons. The Kier molecular flexibility index (Phi) is 8.33. The van der Waals surface area contributed by atoms with Gasteiger partial charge < -0.3 is 20.5 Å². The van der Waals surface area contributed by atoms with E-state index in [4.69, 9.17) is 15.2 Å². The lowest BCUT2D eigenvalue weighted by Crippen LogP contribution is -2.31. The van der Waals surface area contributed by atoms with Crippen LogP contribution < -0.4 is 20.5 Å². The maximum atomic E-state index is 12.4. The molecule has 0 bridgehead atoms. The van der Waals surface area contributed by atoms with Crippen molar-refractivity contribution in [3.05, 3.63) is 47.5 Å². The van der Waals surface area contributed by atoms with Crippen LogP contribution in [-0.2, 0) is 11.2 Å². The van der Waals surface area contributed by atoms with E-state index in [2.05, 4.69) is 5.32 Å². The van der Waals surface area contributed by atoms with Crippen LogP contribution >= 0.6 is 24.2 Å². The Morgan fingerprint density at radius 3 is 2.71 bits per heavy atom. The van der Waals surface area contributed by atoms with Gasteiger partial charge in [-0.05, 0) is 60.7 Å². The molecule has 3 rings (SSSR count). The Morgan fingerprint density at radius 1 is 1.18 bits per heavy atom. The van der Waals surface area contributed by atoms with Crippen molar-refractivity contribution in [2.24, 2.45) is 0 Å². The van der Waals surface area contributed by atoms with Gasteiger partial charge in [0.1, 0.15) is 0 Å². The van der Waals surface area contributed by atoms with Crippen molar-refractivity contribution in [2.75, 3.05) is 25.7 Å². The van der Waals surface area contributed by atoms with Gasteiger partial charge in [0.15, 0.2) is 11.5 Å². The predicted octanol–water partition coefficient (Wildman–Crippen LogP) is 4.38. The van der Waals surface area contributed by atoms with Gasteiger partial charge in [-0.25, -0.2) is 0 Å². The maximum Gasteiger partial charge on any atom is 0.221 e. The summed E-state index contributed by atoms with van der Waals surface area (Å²) >= 11 is 1.63. The van der Waals surface area contributed by atoms with E-state index < -0.39 is 0 Å². The highest BCUT2D eigenvalue weighted by atomic mass is 35.5. The van der Waals surface area contributed by atoms with Gasteiger partial charge in [-0.3, -0.25) is 4.79 Å². The average molecular weight is 423 g/mol. The first-order chi connectivity index (χ1) is 13.1. The normalized spacial score (nSPS) is 15.1. The zero-order valence-electron chi connectivity index (χ0n) is 16.2. The highest BCUT2D eigenvalue weighted by molar-refractivity contribution is 7.99. The Morgan fingerprint density at radius 2 is 1.96 bits per heavy atom. The zero-order chi connectivity index (χ0) is 19.2. The van der Waals surface area contributed by atoms with E-state index in [1.165, 1.54) is 11.1 Å². The van der Waals surface area contributed by atoms with E-state index in [1.807, 2.05) is 36.4 Å². The zero-order valence-corrected chi connectivity index (χ0v) is 17.8. The fourth-order valence-corrected chi connectivity index (χ4v) is 4.30. The number of amides is 1.